The maximum Gasteiger partial charge on any atom is 0.244 e. The Balaban J connectivity index is 2.96. The number of aliphatic imine (C=N–C) groups is 1. The maximum atomic E-state index is 10.6. The van der Waals surface area contributed by atoms with Crippen LogP contribution in [0.3, 0.4) is 0 Å². The van der Waals surface area contributed by atoms with Gasteiger partial charge >= 0.3 is 0 Å². The van der Waals surface area contributed by atoms with E-state index in [0.717, 1.165) is 0 Å². The summed E-state index contributed by atoms with van der Waals surface area (Å²) in [5, 5.41) is 0.624. The second kappa shape index (κ2) is 4.05. The lowest BCUT2D eigenvalue weighted by atomic mass is 10.2. The van der Waals surface area contributed by atoms with Gasteiger partial charge in [0.25, 0.3) is 0 Å². The van der Waals surface area contributed by atoms with Crippen molar-refractivity contribution in [2.75, 3.05) is 0 Å². The zero-order valence-corrected chi connectivity index (χ0v) is 7.88. The van der Waals surface area contributed by atoms with Crippen LogP contribution in [-0.4, -0.2) is 11.7 Å². The molecule has 0 unspecified atom stereocenters. The fourth-order valence-electron chi connectivity index (χ4n) is 0.855. The number of halogens is 1. The van der Waals surface area contributed by atoms with Gasteiger partial charge in [0.1, 0.15) is 5.84 Å². The number of rotatable bonds is 1. The summed E-state index contributed by atoms with van der Waals surface area (Å²) >= 11 is 5.67. The lowest BCUT2D eigenvalue weighted by molar-refractivity contribution is -0.115. The van der Waals surface area contributed by atoms with E-state index in [1.807, 2.05) is 0 Å². The molecule has 0 aliphatic carbocycles. The number of benzene rings is 1. The van der Waals surface area contributed by atoms with E-state index < -0.39 is 0 Å². The highest BCUT2D eigenvalue weighted by Gasteiger charge is 1.98. The van der Waals surface area contributed by atoms with Crippen molar-refractivity contribution < 1.29 is 4.79 Å². The molecular weight excluding hydrogens is 188 g/mol. The van der Waals surface area contributed by atoms with E-state index in [2.05, 4.69) is 4.99 Å². The minimum atomic E-state index is -0.313. The lowest BCUT2D eigenvalue weighted by Crippen LogP contribution is -2.14. The Morgan fingerprint density at radius 3 is 2.38 bits per heavy atom. The highest BCUT2D eigenvalue weighted by molar-refractivity contribution is 6.30. The minimum absolute atomic E-state index is 0.212. The van der Waals surface area contributed by atoms with Gasteiger partial charge in [-0.05, 0) is 24.3 Å². The summed E-state index contributed by atoms with van der Waals surface area (Å²) in [4.78, 5) is 14.2. The largest absolute Gasteiger partial charge is 0.383 e. The molecule has 0 aliphatic rings. The van der Waals surface area contributed by atoms with Crippen LogP contribution in [0.1, 0.15) is 12.5 Å². The molecule has 0 radical (unpaired) electrons. The molecule has 0 aromatic heterocycles. The Kier molecular flexibility index (Phi) is 3.03. The Morgan fingerprint density at radius 2 is 1.92 bits per heavy atom. The lowest BCUT2D eigenvalue weighted by Gasteiger charge is -1.98. The van der Waals surface area contributed by atoms with Crippen LogP contribution in [0, 0.1) is 0 Å². The van der Waals surface area contributed by atoms with Gasteiger partial charge in [-0.25, -0.2) is 0 Å². The summed E-state index contributed by atoms with van der Waals surface area (Å²) in [5.74, 6) is -0.100. The molecule has 0 heterocycles. The van der Waals surface area contributed by atoms with Crippen molar-refractivity contribution in [3.63, 3.8) is 0 Å². The average molecular weight is 197 g/mol. The van der Waals surface area contributed by atoms with Gasteiger partial charge in [0.15, 0.2) is 0 Å². The van der Waals surface area contributed by atoms with E-state index in [-0.39, 0.29) is 11.7 Å². The van der Waals surface area contributed by atoms with Crippen LogP contribution in [0.15, 0.2) is 29.3 Å². The summed E-state index contributed by atoms with van der Waals surface area (Å²) in [6.45, 7) is 1.35. The molecule has 0 bridgehead atoms. The molecular formula is C9H9ClN2O. The standard InChI is InChI=1S/C9H9ClN2O/c1-6(13)12-9(11)7-2-4-8(10)5-3-7/h2-5H,1H3,(H2,11,12,13). The van der Waals surface area contributed by atoms with Gasteiger partial charge < -0.3 is 5.73 Å². The average Bonchev–Trinajstić information content (AvgIpc) is 2.04. The van der Waals surface area contributed by atoms with Crippen LogP contribution in [0.2, 0.25) is 5.02 Å². The molecule has 0 spiro atoms. The zero-order valence-electron chi connectivity index (χ0n) is 7.12. The molecule has 1 amide bonds. The van der Waals surface area contributed by atoms with Crippen molar-refractivity contribution in [1.29, 1.82) is 0 Å². The number of carbonyl (C=O) groups excluding carboxylic acids is 1. The predicted octanol–water partition coefficient (Wildman–Crippen LogP) is 1.59. The molecule has 68 valence electrons. The molecule has 0 saturated heterocycles. The van der Waals surface area contributed by atoms with Crippen LogP contribution < -0.4 is 5.73 Å². The first kappa shape index (κ1) is 9.74. The summed E-state index contributed by atoms with van der Waals surface area (Å²) < 4.78 is 0. The van der Waals surface area contributed by atoms with E-state index in [1.54, 1.807) is 24.3 Å². The molecule has 0 saturated carbocycles. The first-order valence-corrected chi connectivity index (χ1v) is 4.08. The first-order chi connectivity index (χ1) is 6.09. The van der Waals surface area contributed by atoms with Crippen LogP contribution in [0.4, 0.5) is 0 Å². The second-order valence-electron chi connectivity index (χ2n) is 2.52. The fourth-order valence-corrected chi connectivity index (χ4v) is 0.981. The van der Waals surface area contributed by atoms with E-state index in [9.17, 15) is 4.79 Å². The van der Waals surface area contributed by atoms with Gasteiger partial charge in [-0.2, -0.15) is 4.99 Å². The third-order valence-electron chi connectivity index (χ3n) is 1.42. The molecule has 4 heteroatoms. The highest BCUT2D eigenvalue weighted by Crippen LogP contribution is 2.09. The fraction of sp³-hybridized carbons (Fsp3) is 0.111. The molecule has 3 nitrogen and oxygen atoms in total. The van der Waals surface area contributed by atoms with Gasteiger partial charge in [-0.1, -0.05) is 11.6 Å². The van der Waals surface area contributed by atoms with Crippen LogP contribution in [0.25, 0.3) is 0 Å². The molecule has 13 heavy (non-hydrogen) atoms. The molecule has 1 aromatic rings. The maximum absolute atomic E-state index is 10.6. The SMILES string of the molecule is CC(=O)N=C(N)c1ccc(Cl)cc1. The van der Waals surface area contributed by atoms with Gasteiger partial charge in [0, 0.05) is 17.5 Å². The zero-order chi connectivity index (χ0) is 9.84. The van der Waals surface area contributed by atoms with E-state index >= 15 is 0 Å². The molecule has 2 N–H and O–H groups in total. The topological polar surface area (TPSA) is 55.5 Å². The molecule has 0 atom stereocenters. The quantitative estimate of drug-likeness (QED) is 0.548. The normalized spacial score (nSPS) is 11.4. The number of nitrogens with zero attached hydrogens (tertiary/aromatic N) is 1. The van der Waals surface area contributed by atoms with E-state index in [4.69, 9.17) is 17.3 Å². The Labute approximate surface area is 81.2 Å². The summed E-state index contributed by atoms with van der Waals surface area (Å²) in [6.07, 6.45) is 0. The Hall–Kier alpha value is -1.35. The minimum Gasteiger partial charge on any atom is -0.383 e. The highest BCUT2D eigenvalue weighted by atomic mass is 35.5. The number of amides is 1. The van der Waals surface area contributed by atoms with Crippen molar-refractivity contribution in [2.24, 2.45) is 10.7 Å². The monoisotopic (exact) mass is 196 g/mol. The summed E-state index contributed by atoms with van der Waals surface area (Å²) in [5.41, 5.74) is 6.23. The summed E-state index contributed by atoms with van der Waals surface area (Å²) in [7, 11) is 0. The third-order valence-corrected chi connectivity index (χ3v) is 1.67. The van der Waals surface area contributed by atoms with Gasteiger partial charge in [-0.3, -0.25) is 4.79 Å². The molecule has 0 aliphatic heterocycles. The number of carbonyl (C=O) groups is 1. The van der Waals surface area contributed by atoms with Gasteiger partial charge in [0.05, 0.1) is 0 Å². The van der Waals surface area contributed by atoms with Crippen molar-refractivity contribution in [3.05, 3.63) is 34.9 Å². The van der Waals surface area contributed by atoms with Crippen molar-refractivity contribution >= 4 is 23.3 Å². The van der Waals surface area contributed by atoms with Crippen LogP contribution >= 0.6 is 11.6 Å². The number of nitrogens with two attached hydrogens (primary N) is 1. The number of amidine groups is 1. The van der Waals surface area contributed by atoms with Crippen LogP contribution in [0.5, 0.6) is 0 Å². The van der Waals surface area contributed by atoms with E-state index in [0.29, 0.717) is 10.6 Å². The number of hydrogen-bond acceptors (Lipinski definition) is 1. The Bertz CT molecular complexity index is 343. The van der Waals surface area contributed by atoms with Crippen molar-refractivity contribution in [2.45, 2.75) is 6.92 Å². The van der Waals surface area contributed by atoms with Gasteiger partial charge in [-0.15, -0.1) is 0 Å². The predicted molar refractivity (Wildman–Crippen MR) is 52.9 cm³/mol. The van der Waals surface area contributed by atoms with E-state index in [1.165, 1.54) is 6.92 Å². The van der Waals surface area contributed by atoms with Crippen LogP contribution in [-0.2, 0) is 4.79 Å². The second-order valence-corrected chi connectivity index (χ2v) is 2.96. The molecule has 0 fully saturated rings. The smallest absolute Gasteiger partial charge is 0.244 e. The molecule has 1 rings (SSSR count). The summed E-state index contributed by atoms with van der Waals surface area (Å²) in [6, 6.07) is 6.81. The Morgan fingerprint density at radius 1 is 1.38 bits per heavy atom. The third kappa shape index (κ3) is 2.87. The molecule has 1 aromatic carbocycles. The number of hydrogen-bond donors (Lipinski definition) is 1. The first-order valence-electron chi connectivity index (χ1n) is 3.70. The van der Waals surface area contributed by atoms with Crippen molar-refractivity contribution in [3.8, 4) is 0 Å². The van der Waals surface area contributed by atoms with Gasteiger partial charge in [0.2, 0.25) is 5.91 Å². The van der Waals surface area contributed by atoms with Crippen molar-refractivity contribution in [1.82, 2.24) is 0 Å².